The average molecular weight is 685 g/mol. The molecule has 0 bridgehead atoms. The van der Waals surface area contributed by atoms with E-state index in [0.717, 1.165) is 16.0 Å². The van der Waals surface area contributed by atoms with Crippen LogP contribution in [-0.2, 0) is 43.5 Å². The first-order chi connectivity index (χ1) is 24.3. The van der Waals surface area contributed by atoms with Gasteiger partial charge in [-0.05, 0) is 55.8 Å². The number of nitrogens with one attached hydrogen (secondary N) is 2. The Labute approximate surface area is 291 Å². The highest BCUT2D eigenvalue weighted by molar-refractivity contribution is 5.99. The Kier molecular flexibility index (Phi) is 14.5. The lowest BCUT2D eigenvalue weighted by atomic mass is 10.1. The molecule has 0 spiro atoms. The summed E-state index contributed by atoms with van der Waals surface area (Å²) in [7, 11) is 1.68. The summed E-state index contributed by atoms with van der Waals surface area (Å²) in [6.07, 6.45) is 0.325. The zero-order valence-electron chi connectivity index (χ0n) is 28.1. The Hall–Kier alpha value is -5.56. The number of nitrogens with two attached hydrogens (primary N) is 1. The number of likely N-dealkylation sites (N-methyl/N-ethyl adjacent to an activating group) is 1. The van der Waals surface area contributed by atoms with Crippen molar-refractivity contribution in [1.82, 2.24) is 20.4 Å². The van der Waals surface area contributed by atoms with Crippen molar-refractivity contribution in [2.45, 2.75) is 63.4 Å². The number of carbonyl (C=O) groups excluding carboxylic acids is 5. The minimum Gasteiger partial charge on any atom is -0.445 e. The molecule has 1 fully saturated rings. The van der Waals surface area contributed by atoms with E-state index in [2.05, 4.69) is 15.6 Å². The maximum absolute atomic E-state index is 14.0. The van der Waals surface area contributed by atoms with Gasteiger partial charge in [-0.25, -0.2) is 14.5 Å². The van der Waals surface area contributed by atoms with E-state index in [1.165, 1.54) is 4.90 Å². The van der Waals surface area contributed by atoms with E-state index in [0.29, 0.717) is 24.7 Å². The summed E-state index contributed by atoms with van der Waals surface area (Å²) in [5, 5.41) is 5.56. The highest BCUT2D eigenvalue weighted by Gasteiger charge is 2.42. The van der Waals surface area contributed by atoms with Crippen LogP contribution in [0, 0.1) is 0 Å². The lowest BCUT2D eigenvalue weighted by molar-refractivity contribution is -0.138. The maximum Gasteiger partial charge on any atom is 0.417 e. The van der Waals surface area contributed by atoms with Gasteiger partial charge in [-0.15, -0.1) is 0 Å². The largest absolute Gasteiger partial charge is 0.445 e. The number of rotatable bonds is 15. The molecule has 1 saturated heterocycles. The number of aliphatic imine (C=N–C) groups is 1. The third kappa shape index (κ3) is 11.0. The van der Waals surface area contributed by atoms with Gasteiger partial charge in [0.15, 0.2) is 5.96 Å². The van der Waals surface area contributed by atoms with Gasteiger partial charge < -0.3 is 25.3 Å². The summed E-state index contributed by atoms with van der Waals surface area (Å²) in [4.78, 5) is 72.0. The Morgan fingerprint density at radius 2 is 1.50 bits per heavy atom. The van der Waals surface area contributed by atoms with Gasteiger partial charge >= 0.3 is 12.2 Å². The van der Waals surface area contributed by atoms with Crippen LogP contribution in [0.5, 0.6) is 0 Å². The zero-order chi connectivity index (χ0) is 35.7. The molecule has 1 aliphatic heterocycles. The van der Waals surface area contributed by atoms with Crippen molar-refractivity contribution < 1.29 is 33.4 Å². The van der Waals surface area contributed by atoms with Gasteiger partial charge in [0.1, 0.15) is 25.5 Å². The molecule has 264 valence electrons. The van der Waals surface area contributed by atoms with E-state index in [9.17, 15) is 24.0 Å². The third-order valence-electron chi connectivity index (χ3n) is 8.24. The lowest BCUT2D eigenvalue weighted by Gasteiger charge is -2.31. The second-order valence-electron chi connectivity index (χ2n) is 11.8. The normalized spacial score (nSPS) is 15.4. The monoisotopic (exact) mass is 684 g/mol. The van der Waals surface area contributed by atoms with Gasteiger partial charge in [0.2, 0.25) is 5.91 Å². The van der Waals surface area contributed by atoms with Crippen LogP contribution in [0.25, 0.3) is 0 Å². The number of amides is 4. The highest BCUT2D eigenvalue weighted by Crippen LogP contribution is 2.23. The van der Waals surface area contributed by atoms with Crippen molar-refractivity contribution in [3.05, 3.63) is 108 Å². The molecule has 0 unspecified atom stereocenters. The van der Waals surface area contributed by atoms with Gasteiger partial charge in [0, 0.05) is 13.1 Å². The first kappa shape index (κ1) is 37.3. The minimum atomic E-state index is -1.21. The second kappa shape index (κ2) is 19.4. The van der Waals surface area contributed by atoms with Crippen LogP contribution in [-0.4, -0.2) is 84.3 Å². The van der Waals surface area contributed by atoms with Crippen LogP contribution in [0.1, 0.15) is 42.4 Å². The number of hydrogen-bond acceptors (Lipinski definition) is 9. The van der Waals surface area contributed by atoms with E-state index in [1.807, 2.05) is 66.7 Å². The molecule has 4 amide bonds. The molecule has 0 aliphatic carbocycles. The van der Waals surface area contributed by atoms with Gasteiger partial charge in [0.25, 0.3) is 5.91 Å². The van der Waals surface area contributed by atoms with E-state index >= 15 is 0 Å². The van der Waals surface area contributed by atoms with Crippen LogP contribution < -0.4 is 16.4 Å². The predicted molar refractivity (Wildman–Crippen MR) is 187 cm³/mol. The molecule has 0 aromatic heterocycles. The molecule has 1 heterocycles. The average Bonchev–Trinajstić information content (AvgIpc) is 3.64. The Balaban J connectivity index is 1.40. The standard InChI is InChI=1S/C37H44N6O7/c1-39-31(23-27-13-5-2-6-14-27)33(45)41-35(38)40-21-11-19-30(24-44)43(37(48)50-26-29-17-9-4-10-18-29)34(46)32-20-12-22-42(32)36(47)49-25-28-15-7-3-8-16-28/h2-10,13-18,24,30-32,39H,11-12,19-23,25-26H2,1H3,(H3,38,40,41,45)/t30-,31+,32-/m0/s1. The Morgan fingerprint density at radius 1 is 0.920 bits per heavy atom. The zero-order valence-corrected chi connectivity index (χ0v) is 28.1. The summed E-state index contributed by atoms with van der Waals surface area (Å²) in [5.41, 5.74) is 8.44. The molecular weight excluding hydrogens is 640 g/mol. The van der Waals surface area contributed by atoms with Crippen LogP contribution >= 0.6 is 0 Å². The molecule has 50 heavy (non-hydrogen) atoms. The molecule has 13 nitrogen and oxygen atoms in total. The van der Waals surface area contributed by atoms with Crippen molar-refractivity contribution in [1.29, 1.82) is 0 Å². The van der Waals surface area contributed by atoms with Crippen LogP contribution in [0.4, 0.5) is 9.59 Å². The minimum absolute atomic E-state index is 0.0175. The van der Waals surface area contributed by atoms with E-state index in [-0.39, 0.29) is 57.4 Å². The van der Waals surface area contributed by atoms with Gasteiger partial charge in [-0.3, -0.25) is 24.8 Å². The fourth-order valence-corrected chi connectivity index (χ4v) is 5.57. The number of hydrogen-bond donors (Lipinski definition) is 3. The molecular formula is C37H44N6O7. The summed E-state index contributed by atoms with van der Waals surface area (Å²) in [6.45, 7) is 0.245. The van der Waals surface area contributed by atoms with Crippen LogP contribution in [0.2, 0.25) is 0 Å². The fourth-order valence-electron chi connectivity index (χ4n) is 5.57. The number of carbonyl (C=O) groups is 5. The Morgan fingerprint density at radius 3 is 2.08 bits per heavy atom. The van der Waals surface area contributed by atoms with E-state index < -0.39 is 36.2 Å². The van der Waals surface area contributed by atoms with Gasteiger partial charge in [-0.2, -0.15) is 0 Å². The molecule has 0 saturated carbocycles. The van der Waals surface area contributed by atoms with Crippen molar-refractivity contribution in [2.75, 3.05) is 20.1 Å². The number of benzene rings is 3. The van der Waals surface area contributed by atoms with E-state index in [1.54, 1.807) is 31.3 Å². The smallest absolute Gasteiger partial charge is 0.417 e. The predicted octanol–water partition coefficient (Wildman–Crippen LogP) is 3.56. The number of aldehydes is 1. The molecule has 4 rings (SSSR count). The fraction of sp³-hybridized carbons (Fsp3) is 0.351. The quantitative estimate of drug-likeness (QED) is 0.0937. The number of likely N-dealkylation sites (tertiary alicyclic amines) is 1. The van der Waals surface area contributed by atoms with E-state index in [4.69, 9.17) is 15.2 Å². The molecule has 13 heteroatoms. The molecule has 3 atom stereocenters. The summed E-state index contributed by atoms with van der Waals surface area (Å²) < 4.78 is 11.0. The number of ether oxygens (including phenoxy) is 2. The maximum atomic E-state index is 14.0. The van der Waals surface area contributed by atoms with Crippen molar-refractivity contribution in [3.63, 3.8) is 0 Å². The molecule has 3 aromatic carbocycles. The molecule has 0 radical (unpaired) electrons. The molecule has 1 aliphatic rings. The summed E-state index contributed by atoms with van der Waals surface area (Å²) in [6, 6.07) is 24.8. The lowest BCUT2D eigenvalue weighted by Crippen LogP contribution is -2.54. The molecule has 4 N–H and O–H groups in total. The summed E-state index contributed by atoms with van der Waals surface area (Å²) in [5.74, 6) is -1.19. The highest BCUT2D eigenvalue weighted by atomic mass is 16.6. The van der Waals surface area contributed by atoms with Gasteiger partial charge in [0.05, 0.1) is 12.1 Å². The third-order valence-corrected chi connectivity index (χ3v) is 8.24. The number of imide groups is 1. The van der Waals surface area contributed by atoms with Crippen LogP contribution in [0.15, 0.2) is 96.0 Å². The summed E-state index contributed by atoms with van der Waals surface area (Å²) >= 11 is 0. The Bertz CT molecular complexity index is 1590. The number of nitrogens with zero attached hydrogens (tertiary/aromatic N) is 3. The topological polar surface area (TPSA) is 173 Å². The van der Waals surface area contributed by atoms with Crippen molar-refractivity contribution >= 4 is 36.2 Å². The van der Waals surface area contributed by atoms with Crippen LogP contribution in [0.3, 0.4) is 0 Å². The number of guanidine groups is 1. The first-order valence-electron chi connectivity index (χ1n) is 16.6. The molecule has 3 aromatic rings. The SMILES string of the molecule is CN[C@H](Cc1ccccc1)C(=O)NC(N)=NCCC[C@@H](C=O)N(C(=O)OCc1ccccc1)C(=O)[C@@H]1CCCN1C(=O)OCc1ccccc1. The second-order valence-corrected chi connectivity index (χ2v) is 11.8. The van der Waals surface area contributed by atoms with Crippen molar-refractivity contribution in [2.24, 2.45) is 10.7 Å². The van der Waals surface area contributed by atoms with Crippen molar-refractivity contribution in [3.8, 4) is 0 Å². The van der Waals surface area contributed by atoms with Gasteiger partial charge in [-0.1, -0.05) is 91.0 Å². The first-order valence-corrected chi connectivity index (χ1v) is 16.6.